The summed E-state index contributed by atoms with van der Waals surface area (Å²) in [5.41, 5.74) is 4.54. The van der Waals surface area contributed by atoms with Gasteiger partial charge < -0.3 is 10.1 Å². The van der Waals surface area contributed by atoms with Crippen LogP contribution in [-0.4, -0.2) is 5.91 Å². The Balaban J connectivity index is 1.84. The second kappa shape index (κ2) is 5.88. The van der Waals surface area contributed by atoms with Crippen LogP contribution in [0.5, 0.6) is 0 Å². The second-order valence-corrected chi connectivity index (χ2v) is 5.79. The molecule has 1 heterocycles. The van der Waals surface area contributed by atoms with Crippen LogP contribution in [-0.2, 0) is 18.0 Å². The van der Waals surface area contributed by atoms with Crippen molar-refractivity contribution in [3.8, 4) is 0 Å². The van der Waals surface area contributed by atoms with Crippen LogP contribution in [0.4, 0.5) is 5.69 Å². The highest BCUT2D eigenvalue weighted by atomic mass is 35.5. The lowest BCUT2D eigenvalue weighted by atomic mass is 10.1. The Morgan fingerprint density at radius 2 is 1.95 bits per heavy atom. The van der Waals surface area contributed by atoms with Gasteiger partial charge in [-0.1, -0.05) is 24.3 Å². The number of amides is 1. The van der Waals surface area contributed by atoms with Gasteiger partial charge in [-0.3, -0.25) is 4.79 Å². The molecular formula is C17H16ClNO2. The number of nitrogens with one attached hydrogen (secondary N) is 1. The fourth-order valence-corrected chi connectivity index (χ4v) is 2.66. The van der Waals surface area contributed by atoms with Gasteiger partial charge in [-0.2, -0.15) is 0 Å². The number of para-hydroxylation sites is 1. The molecule has 4 heteroatoms. The molecule has 3 rings (SSSR count). The van der Waals surface area contributed by atoms with Crippen molar-refractivity contribution in [3.05, 3.63) is 64.7 Å². The lowest BCUT2D eigenvalue weighted by Crippen LogP contribution is -2.13. The Bertz CT molecular complexity index is 682. The standard InChI is InChI=1S/C17H16ClNO2/c1-11(18)15-4-2-3-5-16(15)19-17(20)12-6-7-13-9-21-10-14(13)8-12/h2-8,11H,9-10H2,1H3,(H,19,20). The molecule has 0 radical (unpaired) electrons. The smallest absolute Gasteiger partial charge is 0.255 e. The molecule has 1 amide bonds. The van der Waals surface area contributed by atoms with E-state index in [-0.39, 0.29) is 11.3 Å². The second-order valence-electron chi connectivity index (χ2n) is 5.13. The molecule has 0 bridgehead atoms. The van der Waals surface area contributed by atoms with Crippen LogP contribution in [0.25, 0.3) is 0 Å². The minimum absolute atomic E-state index is 0.130. The van der Waals surface area contributed by atoms with Crippen LogP contribution in [0.3, 0.4) is 0 Å². The normalized spacial score (nSPS) is 14.6. The molecular weight excluding hydrogens is 286 g/mol. The molecule has 2 aromatic carbocycles. The highest BCUT2D eigenvalue weighted by Gasteiger charge is 2.16. The molecule has 0 spiro atoms. The Labute approximate surface area is 128 Å². The number of benzene rings is 2. The van der Waals surface area contributed by atoms with E-state index in [2.05, 4.69) is 5.32 Å². The predicted octanol–water partition coefficient (Wildman–Crippen LogP) is 4.27. The highest BCUT2D eigenvalue weighted by Crippen LogP contribution is 2.28. The number of carbonyl (C=O) groups is 1. The zero-order valence-corrected chi connectivity index (χ0v) is 12.5. The summed E-state index contributed by atoms with van der Waals surface area (Å²) in [6.45, 7) is 3.09. The molecule has 3 nitrogen and oxygen atoms in total. The number of hydrogen-bond acceptors (Lipinski definition) is 2. The average molecular weight is 302 g/mol. The zero-order chi connectivity index (χ0) is 14.8. The van der Waals surface area contributed by atoms with Crippen molar-refractivity contribution in [1.29, 1.82) is 0 Å². The number of carbonyl (C=O) groups excluding carboxylic acids is 1. The van der Waals surface area contributed by atoms with E-state index in [1.807, 2.05) is 49.4 Å². The van der Waals surface area contributed by atoms with Gasteiger partial charge in [0.2, 0.25) is 0 Å². The summed E-state index contributed by atoms with van der Waals surface area (Å²) in [6, 6.07) is 13.3. The number of anilines is 1. The van der Waals surface area contributed by atoms with Gasteiger partial charge in [-0.15, -0.1) is 11.6 Å². The first-order valence-electron chi connectivity index (χ1n) is 6.89. The van der Waals surface area contributed by atoms with Crippen LogP contribution in [0.1, 0.15) is 39.3 Å². The van der Waals surface area contributed by atoms with Gasteiger partial charge in [0.25, 0.3) is 5.91 Å². The molecule has 0 aliphatic carbocycles. The first-order valence-corrected chi connectivity index (χ1v) is 7.32. The van der Waals surface area contributed by atoms with Crippen molar-refractivity contribution in [2.75, 3.05) is 5.32 Å². The lowest BCUT2D eigenvalue weighted by Gasteiger charge is -2.12. The van der Waals surface area contributed by atoms with Crippen LogP contribution in [0.2, 0.25) is 0 Å². The quantitative estimate of drug-likeness (QED) is 0.860. The van der Waals surface area contributed by atoms with Crippen LogP contribution >= 0.6 is 11.6 Å². The summed E-state index contributed by atoms with van der Waals surface area (Å²) in [4.78, 5) is 12.4. The lowest BCUT2D eigenvalue weighted by molar-refractivity contribution is 0.102. The van der Waals surface area contributed by atoms with Crippen LogP contribution < -0.4 is 5.32 Å². The third-order valence-corrected chi connectivity index (χ3v) is 3.86. The first-order chi connectivity index (χ1) is 10.1. The molecule has 2 aromatic rings. The first kappa shape index (κ1) is 14.1. The summed E-state index contributed by atoms with van der Waals surface area (Å²) in [5.74, 6) is -0.130. The Morgan fingerprint density at radius 1 is 1.19 bits per heavy atom. The molecule has 108 valence electrons. The number of fused-ring (bicyclic) bond motifs is 1. The van der Waals surface area contributed by atoms with Crippen molar-refractivity contribution >= 4 is 23.2 Å². The van der Waals surface area contributed by atoms with E-state index in [1.165, 1.54) is 0 Å². The number of rotatable bonds is 3. The third kappa shape index (κ3) is 2.94. The van der Waals surface area contributed by atoms with Gasteiger partial charge in [0, 0.05) is 11.3 Å². The monoisotopic (exact) mass is 301 g/mol. The number of hydrogen-bond donors (Lipinski definition) is 1. The predicted molar refractivity (Wildman–Crippen MR) is 83.6 cm³/mol. The Morgan fingerprint density at radius 3 is 2.76 bits per heavy atom. The van der Waals surface area contributed by atoms with Gasteiger partial charge in [-0.25, -0.2) is 0 Å². The Kier molecular flexibility index (Phi) is 3.95. The summed E-state index contributed by atoms with van der Waals surface area (Å²) >= 11 is 6.15. The number of alkyl halides is 1. The number of ether oxygens (including phenoxy) is 1. The van der Waals surface area contributed by atoms with Gasteiger partial charge in [0.15, 0.2) is 0 Å². The molecule has 0 saturated carbocycles. The highest BCUT2D eigenvalue weighted by molar-refractivity contribution is 6.21. The average Bonchev–Trinajstić information content (AvgIpc) is 2.94. The summed E-state index contributed by atoms with van der Waals surface area (Å²) in [7, 11) is 0. The van der Waals surface area contributed by atoms with E-state index in [1.54, 1.807) is 0 Å². The molecule has 21 heavy (non-hydrogen) atoms. The van der Waals surface area contributed by atoms with E-state index >= 15 is 0 Å². The molecule has 0 aromatic heterocycles. The van der Waals surface area contributed by atoms with Gasteiger partial charge in [0.05, 0.1) is 18.6 Å². The van der Waals surface area contributed by atoms with Crippen LogP contribution in [0, 0.1) is 0 Å². The fourth-order valence-electron chi connectivity index (χ4n) is 2.47. The Hall–Kier alpha value is -1.84. The van der Waals surface area contributed by atoms with E-state index in [0.29, 0.717) is 18.8 Å². The molecule has 1 N–H and O–H groups in total. The topological polar surface area (TPSA) is 38.3 Å². The SMILES string of the molecule is CC(Cl)c1ccccc1NC(=O)c1ccc2c(c1)COC2. The summed E-state index contributed by atoms with van der Waals surface area (Å²) < 4.78 is 5.37. The summed E-state index contributed by atoms with van der Waals surface area (Å²) in [5, 5.41) is 2.78. The summed E-state index contributed by atoms with van der Waals surface area (Å²) in [6.07, 6.45) is 0. The van der Waals surface area contributed by atoms with Crippen molar-refractivity contribution < 1.29 is 9.53 Å². The fraction of sp³-hybridized carbons (Fsp3) is 0.235. The number of halogens is 1. The molecule has 0 fully saturated rings. The molecule has 1 aliphatic rings. The van der Waals surface area contributed by atoms with Crippen molar-refractivity contribution in [1.82, 2.24) is 0 Å². The molecule has 1 unspecified atom stereocenters. The maximum atomic E-state index is 12.4. The minimum Gasteiger partial charge on any atom is -0.372 e. The van der Waals surface area contributed by atoms with E-state index in [9.17, 15) is 4.79 Å². The van der Waals surface area contributed by atoms with E-state index in [4.69, 9.17) is 16.3 Å². The third-order valence-electron chi connectivity index (χ3n) is 3.62. The zero-order valence-electron chi connectivity index (χ0n) is 11.7. The maximum Gasteiger partial charge on any atom is 0.255 e. The molecule has 0 saturated heterocycles. The maximum absolute atomic E-state index is 12.4. The van der Waals surface area contributed by atoms with Gasteiger partial charge in [0.1, 0.15) is 0 Å². The van der Waals surface area contributed by atoms with Crippen molar-refractivity contribution in [2.24, 2.45) is 0 Å². The van der Waals surface area contributed by atoms with E-state index < -0.39 is 0 Å². The van der Waals surface area contributed by atoms with Crippen molar-refractivity contribution in [3.63, 3.8) is 0 Å². The minimum atomic E-state index is -0.157. The van der Waals surface area contributed by atoms with Crippen molar-refractivity contribution in [2.45, 2.75) is 25.5 Å². The molecule has 1 aliphatic heterocycles. The van der Waals surface area contributed by atoms with E-state index in [0.717, 1.165) is 22.4 Å². The van der Waals surface area contributed by atoms with Gasteiger partial charge >= 0.3 is 0 Å². The van der Waals surface area contributed by atoms with Gasteiger partial charge in [-0.05, 0) is 41.8 Å². The largest absolute Gasteiger partial charge is 0.372 e. The molecule has 1 atom stereocenters. The van der Waals surface area contributed by atoms with Crippen LogP contribution in [0.15, 0.2) is 42.5 Å².